The Hall–Kier alpha value is -0.650. The Morgan fingerprint density at radius 3 is 2.26 bits per heavy atom. The lowest BCUT2D eigenvalue weighted by Crippen LogP contribution is -2.39. The zero-order valence-electron chi connectivity index (χ0n) is 12.4. The third-order valence-corrected chi connectivity index (χ3v) is 4.28. The van der Waals surface area contributed by atoms with Crippen molar-refractivity contribution in [1.82, 2.24) is 9.97 Å². The highest BCUT2D eigenvalue weighted by Crippen LogP contribution is 2.19. The van der Waals surface area contributed by atoms with Crippen LogP contribution in [0.5, 0.6) is 0 Å². The fraction of sp³-hybridized carbons (Fsp3) is 0.714. The van der Waals surface area contributed by atoms with Crippen molar-refractivity contribution >= 4 is 11.8 Å². The van der Waals surface area contributed by atoms with Crippen molar-refractivity contribution in [2.75, 3.05) is 12.4 Å². The second-order valence-electron chi connectivity index (χ2n) is 5.42. The minimum atomic E-state index is -0.446. The zero-order chi connectivity index (χ0) is 14.5. The van der Waals surface area contributed by atoms with Crippen LogP contribution in [0.2, 0.25) is 0 Å². The van der Waals surface area contributed by atoms with Crippen molar-refractivity contribution in [3.05, 3.63) is 17.0 Å². The molecule has 3 N–H and O–H groups in total. The molecule has 1 atom stereocenters. The third-order valence-electron chi connectivity index (χ3n) is 3.35. The number of hydrogen-bond donors (Lipinski definition) is 2. The summed E-state index contributed by atoms with van der Waals surface area (Å²) in [6.07, 6.45) is 2.92. The summed E-state index contributed by atoms with van der Waals surface area (Å²) in [7, 11) is 0. The average molecular weight is 283 g/mol. The highest BCUT2D eigenvalue weighted by molar-refractivity contribution is 7.99. The van der Waals surface area contributed by atoms with Gasteiger partial charge in [-0.25, -0.2) is 9.97 Å². The van der Waals surface area contributed by atoms with Crippen molar-refractivity contribution in [3.63, 3.8) is 0 Å². The number of thioether (sulfide) groups is 1. The molecule has 1 aromatic rings. The first-order valence-corrected chi connectivity index (χ1v) is 7.68. The molecule has 108 valence electrons. The molecule has 0 bridgehead atoms. The highest BCUT2D eigenvalue weighted by atomic mass is 32.2. The normalized spacial score (nSPS) is 14.4. The fourth-order valence-corrected chi connectivity index (χ4v) is 2.61. The van der Waals surface area contributed by atoms with Gasteiger partial charge in [-0.1, -0.05) is 18.2 Å². The summed E-state index contributed by atoms with van der Waals surface area (Å²) < 4.78 is 0. The molecule has 0 aromatic carbocycles. The van der Waals surface area contributed by atoms with Crippen LogP contribution in [0.3, 0.4) is 0 Å². The van der Waals surface area contributed by atoms with E-state index in [2.05, 4.69) is 16.9 Å². The van der Waals surface area contributed by atoms with E-state index >= 15 is 0 Å². The van der Waals surface area contributed by atoms with Crippen LogP contribution in [0.4, 0.5) is 0 Å². The number of nitrogens with zero attached hydrogens (tertiary/aromatic N) is 2. The van der Waals surface area contributed by atoms with E-state index in [1.165, 1.54) is 5.56 Å². The summed E-state index contributed by atoms with van der Waals surface area (Å²) in [6.45, 7) is 8.02. The summed E-state index contributed by atoms with van der Waals surface area (Å²) in [5.74, 6) is 0.990. The summed E-state index contributed by atoms with van der Waals surface area (Å²) in [6, 6.07) is 0. The minimum Gasteiger partial charge on any atom is -0.394 e. The maximum Gasteiger partial charge on any atom is 0.187 e. The smallest absolute Gasteiger partial charge is 0.187 e. The van der Waals surface area contributed by atoms with E-state index in [0.717, 1.165) is 41.6 Å². The molecule has 1 rings (SSSR count). The Morgan fingerprint density at radius 2 is 1.74 bits per heavy atom. The first-order chi connectivity index (χ1) is 8.85. The van der Waals surface area contributed by atoms with Gasteiger partial charge in [0.15, 0.2) is 5.16 Å². The summed E-state index contributed by atoms with van der Waals surface area (Å²) in [4.78, 5) is 8.97. The van der Waals surface area contributed by atoms with Crippen molar-refractivity contribution in [1.29, 1.82) is 0 Å². The van der Waals surface area contributed by atoms with Crippen LogP contribution in [-0.4, -0.2) is 33.0 Å². The zero-order valence-corrected chi connectivity index (χ0v) is 13.2. The van der Waals surface area contributed by atoms with Crippen LogP contribution < -0.4 is 5.73 Å². The predicted octanol–water partition coefficient (Wildman–Crippen LogP) is 2.37. The van der Waals surface area contributed by atoms with Crippen LogP contribution >= 0.6 is 11.8 Å². The van der Waals surface area contributed by atoms with Gasteiger partial charge < -0.3 is 10.8 Å². The van der Waals surface area contributed by atoms with Crippen molar-refractivity contribution in [3.8, 4) is 0 Å². The number of aromatic nitrogens is 2. The third kappa shape index (κ3) is 5.47. The van der Waals surface area contributed by atoms with Crippen molar-refractivity contribution in [2.24, 2.45) is 5.73 Å². The molecule has 0 aliphatic carbocycles. The van der Waals surface area contributed by atoms with E-state index in [9.17, 15) is 0 Å². The van der Waals surface area contributed by atoms with E-state index in [1.807, 2.05) is 20.8 Å². The lowest BCUT2D eigenvalue weighted by atomic mass is 9.98. The van der Waals surface area contributed by atoms with Gasteiger partial charge in [0.1, 0.15) is 0 Å². The van der Waals surface area contributed by atoms with Crippen LogP contribution in [0, 0.1) is 20.8 Å². The number of aliphatic hydroxyl groups is 1. The Bertz CT molecular complexity index is 398. The van der Waals surface area contributed by atoms with Gasteiger partial charge in [-0.05, 0) is 46.1 Å². The average Bonchev–Trinajstić information content (AvgIpc) is 2.35. The number of rotatable bonds is 7. The van der Waals surface area contributed by atoms with Gasteiger partial charge in [0.05, 0.1) is 6.61 Å². The molecule has 1 aromatic heterocycles. The van der Waals surface area contributed by atoms with Gasteiger partial charge in [-0.3, -0.25) is 0 Å². The lowest BCUT2D eigenvalue weighted by molar-refractivity contribution is 0.198. The van der Waals surface area contributed by atoms with Gasteiger partial charge in [0, 0.05) is 22.7 Å². The molecule has 0 amide bonds. The van der Waals surface area contributed by atoms with Crippen LogP contribution in [0.1, 0.15) is 43.1 Å². The maximum absolute atomic E-state index is 9.07. The molecular formula is C14H25N3OS. The van der Waals surface area contributed by atoms with Crippen LogP contribution in [-0.2, 0) is 0 Å². The van der Waals surface area contributed by atoms with Crippen molar-refractivity contribution < 1.29 is 5.11 Å². The van der Waals surface area contributed by atoms with Gasteiger partial charge >= 0.3 is 0 Å². The Balaban J connectivity index is 2.34. The molecule has 5 heteroatoms. The molecule has 0 radical (unpaired) electrons. The van der Waals surface area contributed by atoms with Crippen molar-refractivity contribution in [2.45, 2.75) is 57.7 Å². The van der Waals surface area contributed by atoms with E-state index in [-0.39, 0.29) is 6.61 Å². The summed E-state index contributed by atoms with van der Waals surface area (Å²) in [5.41, 5.74) is 8.73. The Labute approximate surface area is 120 Å². The number of aryl methyl sites for hydroxylation is 2. The quantitative estimate of drug-likeness (QED) is 0.456. The molecule has 0 spiro atoms. The van der Waals surface area contributed by atoms with Crippen LogP contribution in [0.15, 0.2) is 5.16 Å². The lowest BCUT2D eigenvalue weighted by Gasteiger charge is -2.21. The standard InChI is InChI=1S/C14H25N3OS/c1-10-11(2)16-13(17-12(10)3)19-8-6-5-7-14(4,15)9-18/h18H,5-9,15H2,1-4H3. The molecule has 1 heterocycles. The highest BCUT2D eigenvalue weighted by Gasteiger charge is 2.15. The van der Waals surface area contributed by atoms with Crippen LogP contribution in [0.25, 0.3) is 0 Å². The molecule has 0 fully saturated rings. The number of aliphatic hydroxyl groups excluding tert-OH is 1. The topological polar surface area (TPSA) is 72.0 Å². The van der Waals surface area contributed by atoms with Gasteiger partial charge in [0.25, 0.3) is 0 Å². The number of hydrogen-bond acceptors (Lipinski definition) is 5. The molecule has 0 saturated carbocycles. The van der Waals surface area contributed by atoms with E-state index in [4.69, 9.17) is 10.8 Å². The second kappa shape index (κ2) is 7.22. The van der Waals surface area contributed by atoms with Gasteiger partial charge in [0.2, 0.25) is 0 Å². The predicted molar refractivity (Wildman–Crippen MR) is 80.5 cm³/mol. The first kappa shape index (κ1) is 16.4. The number of nitrogens with two attached hydrogens (primary N) is 1. The maximum atomic E-state index is 9.07. The Morgan fingerprint density at radius 1 is 1.16 bits per heavy atom. The number of unbranched alkanes of at least 4 members (excludes halogenated alkanes) is 1. The molecule has 4 nitrogen and oxygen atoms in total. The van der Waals surface area contributed by atoms with Gasteiger partial charge in [-0.2, -0.15) is 0 Å². The van der Waals surface area contributed by atoms with E-state index in [0.29, 0.717) is 0 Å². The molecular weight excluding hydrogens is 258 g/mol. The molecule has 0 aliphatic rings. The monoisotopic (exact) mass is 283 g/mol. The fourth-order valence-electron chi connectivity index (χ4n) is 1.68. The van der Waals surface area contributed by atoms with Gasteiger partial charge in [-0.15, -0.1) is 0 Å². The van der Waals surface area contributed by atoms with E-state index < -0.39 is 5.54 Å². The second-order valence-corrected chi connectivity index (χ2v) is 6.48. The Kier molecular flexibility index (Phi) is 6.23. The largest absolute Gasteiger partial charge is 0.394 e. The van der Waals surface area contributed by atoms with E-state index in [1.54, 1.807) is 11.8 Å². The SMILES string of the molecule is Cc1nc(SCCCCC(C)(N)CO)nc(C)c1C. The molecule has 0 aliphatic heterocycles. The molecule has 19 heavy (non-hydrogen) atoms. The summed E-state index contributed by atoms with van der Waals surface area (Å²) in [5, 5.41) is 9.92. The first-order valence-electron chi connectivity index (χ1n) is 6.70. The molecule has 1 unspecified atom stereocenters. The summed E-state index contributed by atoms with van der Waals surface area (Å²) >= 11 is 1.69. The molecule has 0 saturated heterocycles. The minimum absolute atomic E-state index is 0.0413.